The van der Waals surface area contributed by atoms with Crippen LogP contribution in [-0.2, 0) is 0 Å². The van der Waals surface area contributed by atoms with E-state index in [2.05, 4.69) is 10.3 Å². The van der Waals surface area contributed by atoms with Gasteiger partial charge in [0.05, 0.1) is 24.1 Å². The van der Waals surface area contributed by atoms with Crippen LogP contribution in [0.1, 0.15) is 10.4 Å². The Balaban J connectivity index is 1.52. The standard InChI is InChI=1S/C23H18F2N4O4S/c1-33-14-4-2-12(3-5-14)27-13-9-28(10-13)20-17(24)8-15-19(18(20)25)29(23-26-6-7-34-23)11-16(21(15)30)22(31)32/h2-8,11,13,27H,9-10H2,1H3,(H,31,32). The number of benzene rings is 2. The predicted octanol–water partition coefficient (Wildman–Crippen LogP) is 3.73. The lowest BCUT2D eigenvalue weighted by atomic mass is 10.0. The molecule has 11 heteroatoms. The van der Waals surface area contributed by atoms with Gasteiger partial charge in [0.1, 0.15) is 22.8 Å². The first-order valence-electron chi connectivity index (χ1n) is 10.2. The number of hydrogen-bond acceptors (Lipinski definition) is 7. The number of carbonyl (C=O) groups is 1. The number of aromatic nitrogens is 2. The van der Waals surface area contributed by atoms with E-state index >= 15 is 8.78 Å². The van der Waals surface area contributed by atoms with Gasteiger partial charge in [-0.1, -0.05) is 0 Å². The third-order valence-corrected chi connectivity index (χ3v) is 6.44. The average Bonchev–Trinajstić information content (AvgIpc) is 3.33. The maximum Gasteiger partial charge on any atom is 0.341 e. The van der Waals surface area contributed by atoms with Gasteiger partial charge in [-0.2, -0.15) is 0 Å². The summed E-state index contributed by atoms with van der Waals surface area (Å²) in [6.45, 7) is 0.667. The largest absolute Gasteiger partial charge is 0.497 e. The Bertz CT molecular complexity index is 1450. The fraction of sp³-hybridized carbons (Fsp3) is 0.174. The fourth-order valence-corrected chi connectivity index (χ4v) is 4.63. The highest BCUT2D eigenvalue weighted by Gasteiger charge is 2.33. The summed E-state index contributed by atoms with van der Waals surface area (Å²) in [4.78, 5) is 29.9. The van der Waals surface area contributed by atoms with E-state index in [4.69, 9.17) is 4.74 Å². The van der Waals surface area contributed by atoms with E-state index in [9.17, 15) is 14.7 Å². The summed E-state index contributed by atoms with van der Waals surface area (Å²) in [5, 5.41) is 14.2. The van der Waals surface area contributed by atoms with Crippen LogP contribution in [0.15, 0.2) is 52.9 Å². The van der Waals surface area contributed by atoms with Gasteiger partial charge in [-0.05, 0) is 30.3 Å². The van der Waals surface area contributed by atoms with Gasteiger partial charge < -0.3 is 20.1 Å². The van der Waals surface area contributed by atoms with E-state index in [1.165, 1.54) is 15.7 Å². The van der Waals surface area contributed by atoms with Gasteiger partial charge in [0.15, 0.2) is 10.9 Å². The van der Waals surface area contributed by atoms with Crippen molar-refractivity contribution in [1.29, 1.82) is 0 Å². The molecule has 0 spiro atoms. The second kappa shape index (κ2) is 8.41. The van der Waals surface area contributed by atoms with Crippen LogP contribution in [0.5, 0.6) is 5.75 Å². The van der Waals surface area contributed by atoms with E-state index in [0.29, 0.717) is 13.1 Å². The van der Waals surface area contributed by atoms with Crippen LogP contribution in [0.4, 0.5) is 20.2 Å². The molecule has 0 bridgehead atoms. The molecule has 2 aromatic carbocycles. The van der Waals surface area contributed by atoms with Crippen molar-refractivity contribution in [3.63, 3.8) is 0 Å². The number of carboxylic acid groups (broad SMARTS) is 1. The summed E-state index contributed by atoms with van der Waals surface area (Å²) >= 11 is 1.13. The maximum absolute atomic E-state index is 15.8. The van der Waals surface area contributed by atoms with Crippen LogP contribution in [0.3, 0.4) is 0 Å². The molecule has 0 atom stereocenters. The van der Waals surface area contributed by atoms with Gasteiger partial charge >= 0.3 is 5.97 Å². The maximum atomic E-state index is 15.8. The Morgan fingerprint density at radius 2 is 2.00 bits per heavy atom. The lowest BCUT2D eigenvalue weighted by molar-refractivity contribution is 0.0695. The minimum absolute atomic E-state index is 0.0431. The van der Waals surface area contributed by atoms with E-state index < -0.39 is 28.6 Å². The fourth-order valence-electron chi connectivity index (χ4n) is 4.01. The van der Waals surface area contributed by atoms with Crippen molar-refractivity contribution in [3.8, 4) is 10.9 Å². The van der Waals surface area contributed by atoms with E-state index in [1.54, 1.807) is 12.5 Å². The van der Waals surface area contributed by atoms with Crippen molar-refractivity contribution in [2.24, 2.45) is 0 Å². The number of anilines is 2. The molecule has 3 heterocycles. The highest BCUT2D eigenvalue weighted by atomic mass is 32.1. The first-order valence-corrected chi connectivity index (χ1v) is 11.1. The van der Waals surface area contributed by atoms with Gasteiger partial charge in [-0.15, -0.1) is 11.3 Å². The van der Waals surface area contributed by atoms with E-state index in [1.807, 2.05) is 24.3 Å². The molecular formula is C23H18F2N4O4S. The van der Waals surface area contributed by atoms with Crippen molar-refractivity contribution in [3.05, 3.63) is 75.5 Å². The van der Waals surface area contributed by atoms with E-state index in [0.717, 1.165) is 35.0 Å². The number of carboxylic acids is 1. The molecule has 1 aliphatic rings. The lowest BCUT2D eigenvalue weighted by Gasteiger charge is -2.42. The third-order valence-electron chi connectivity index (χ3n) is 5.67. The van der Waals surface area contributed by atoms with E-state index in [-0.39, 0.29) is 27.8 Å². The Kier molecular flexibility index (Phi) is 5.40. The molecule has 8 nitrogen and oxygen atoms in total. The number of rotatable bonds is 6. The number of ether oxygens (including phenoxy) is 1. The molecule has 34 heavy (non-hydrogen) atoms. The van der Waals surface area contributed by atoms with Crippen LogP contribution < -0.4 is 20.4 Å². The van der Waals surface area contributed by atoms with Crippen molar-refractivity contribution in [2.45, 2.75) is 6.04 Å². The number of thiazole rings is 1. The minimum Gasteiger partial charge on any atom is -0.497 e. The molecule has 0 amide bonds. The van der Waals surface area contributed by atoms with Crippen LogP contribution in [0.25, 0.3) is 16.0 Å². The SMILES string of the molecule is COc1ccc(NC2CN(c3c(F)cc4c(=O)c(C(=O)O)cn(-c5nccs5)c4c3F)C2)cc1. The summed E-state index contributed by atoms with van der Waals surface area (Å²) in [5.41, 5.74) is -1.19. The quantitative estimate of drug-likeness (QED) is 0.431. The lowest BCUT2D eigenvalue weighted by Crippen LogP contribution is -2.55. The Hall–Kier alpha value is -3.99. The first-order chi connectivity index (χ1) is 16.4. The Morgan fingerprint density at radius 3 is 2.62 bits per heavy atom. The second-order valence-corrected chi connectivity index (χ2v) is 8.63. The van der Waals surface area contributed by atoms with Gasteiger partial charge in [0, 0.05) is 36.6 Å². The van der Waals surface area contributed by atoms with Gasteiger partial charge in [0.25, 0.3) is 0 Å². The van der Waals surface area contributed by atoms with Gasteiger partial charge in [-0.25, -0.2) is 18.6 Å². The van der Waals surface area contributed by atoms with Crippen LogP contribution in [-0.4, -0.2) is 46.9 Å². The van der Waals surface area contributed by atoms with Gasteiger partial charge in [0.2, 0.25) is 5.43 Å². The number of hydrogen-bond donors (Lipinski definition) is 2. The predicted molar refractivity (Wildman–Crippen MR) is 125 cm³/mol. The molecule has 4 aromatic rings. The normalized spacial score (nSPS) is 13.7. The highest BCUT2D eigenvalue weighted by Crippen LogP contribution is 2.34. The summed E-state index contributed by atoms with van der Waals surface area (Å²) in [6.07, 6.45) is 2.50. The number of fused-ring (bicyclic) bond motifs is 1. The number of halogens is 2. The molecule has 174 valence electrons. The zero-order valence-electron chi connectivity index (χ0n) is 17.8. The van der Waals surface area contributed by atoms with Crippen molar-refractivity contribution in [1.82, 2.24) is 9.55 Å². The number of nitrogens with zero attached hydrogens (tertiary/aromatic N) is 3. The molecule has 1 aliphatic heterocycles. The molecule has 0 unspecified atom stereocenters. The zero-order valence-corrected chi connectivity index (χ0v) is 18.6. The van der Waals surface area contributed by atoms with Crippen molar-refractivity contribution >= 4 is 39.6 Å². The summed E-state index contributed by atoms with van der Waals surface area (Å²) in [7, 11) is 1.58. The molecule has 0 radical (unpaired) electrons. The highest BCUT2D eigenvalue weighted by molar-refractivity contribution is 7.12. The average molecular weight is 484 g/mol. The zero-order chi connectivity index (χ0) is 24.0. The number of nitrogens with one attached hydrogen (secondary N) is 1. The first kappa shape index (κ1) is 21.8. The summed E-state index contributed by atoms with van der Waals surface area (Å²) in [6, 6.07) is 8.18. The third kappa shape index (κ3) is 3.63. The molecule has 5 rings (SSSR count). The molecule has 2 N–H and O–H groups in total. The molecule has 1 saturated heterocycles. The Labute approximate surface area is 195 Å². The second-order valence-electron chi connectivity index (χ2n) is 7.75. The topological polar surface area (TPSA) is 96.7 Å². The van der Waals surface area contributed by atoms with Crippen LogP contribution in [0.2, 0.25) is 0 Å². The molecule has 2 aromatic heterocycles. The van der Waals surface area contributed by atoms with Crippen LogP contribution >= 0.6 is 11.3 Å². The number of methoxy groups -OCH3 is 1. The number of pyridine rings is 1. The molecule has 0 aliphatic carbocycles. The van der Waals surface area contributed by atoms with Crippen molar-refractivity contribution in [2.75, 3.05) is 30.4 Å². The number of aromatic carboxylic acids is 1. The smallest absolute Gasteiger partial charge is 0.341 e. The Morgan fingerprint density at radius 1 is 1.26 bits per heavy atom. The minimum atomic E-state index is -1.49. The monoisotopic (exact) mass is 484 g/mol. The van der Waals surface area contributed by atoms with Crippen LogP contribution in [0, 0.1) is 11.6 Å². The molecule has 1 fully saturated rings. The van der Waals surface area contributed by atoms with Gasteiger partial charge in [-0.3, -0.25) is 9.36 Å². The molecule has 0 saturated carbocycles. The summed E-state index contributed by atoms with van der Waals surface area (Å²) < 4.78 is 37.1. The molecular weight excluding hydrogens is 466 g/mol. The van der Waals surface area contributed by atoms with Crippen molar-refractivity contribution < 1.29 is 23.4 Å². The summed E-state index contributed by atoms with van der Waals surface area (Å²) in [5.74, 6) is -2.64.